The highest BCUT2D eigenvalue weighted by atomic mass is 16.5. The van der Waals surface area contributed by atoms with Gasteiger partial charge < -0.3 is 21.1 Å². The number of esters is 1. The highest BCUT2D eigenvalue weighted by Crippen LogP contribution is 2.31. The quantitative estimate of drug-likeness (QED) is 0.480. The van der Waals surface area contributed by atoms with Crippen LogP contribution in [-0.2, 0) is 32.0 Å². The minimum absolute atomic E-state index is 0.245. The van der Waals surface area contributed by atoms with Crippen molar-refractivity contribution in [1.29, 1.82) is 0 Å². The minimum Gasteiger partial charge on any atom is -0.464 e. The number of nitrogens with two attached hydrogens (primary N) is 1. The summed E-state index contributed by atoms with van der Waals surface area (Å²) >= 11 is 0. The second kappa shape index (κ2) is 11.6. The van der Waals surface area contributed by atoms with E-state index in [4.69, 9.17) is 10.5 Å². The Morgan fingerprint density at radius 1 is 0.909 bits per heavy atom. The molecular formula is C26H33N3O4. The van der Waals surface area contributed by atoms with Crippen LogP contribution >= 0.6 is 0 Å². The van der Waals surface area contributed by atoms with E-state index >= 15 is 0 Å². The number of hydrogen-bond donors (Lipinski definition) is 3. The third kappa shape index (κ3) is 6.65. The topological polar surface area (TPSA) is 111 Å². The molecule has 1 aliphatic carbocycles. The standard InChI is InChI=1S/C26H33N3O4/c1-2-33-25(32)26(15-9-10-16-26)29-24(31)22(18-20-13-7-4-8-14-20)28-23(30)21(27)17-19-11-5-3-6-12-19/h3-8,11-14,21-22H,2,9-10,15-18,27H2,1H3,(H,28,30)(H,29,31)/t21-,22-/m0/s1. The molecular weight excluding hydrogens is 418 g/mol. The van der Waals surface area contributed by atoms with Crippen LogP contribution < -0.4 is 16.4 Å². The molecule has 33 heavy (non-hydrogen) atoms. The molecule has 2 aromatic rings. The Morgan fingerprint density at radius 3 is 2.00 bits per heavy atom. The zero-order valence-corrected chi connectivity index (χ0v) is 19.1. The van der Waals surface area contributed by atoms with Crippen LogP contribution in [0.3, 0.4) is 0 Å². The van der Waals surface area contributed by atoms with E-state index in [0.717, 1.165) is 24.0 Å². The van der Waals surface area contributed by atoms with E-state index in [2.05, 4.69) is 10.6 Å². The predicted molar refractivity (Wildman–Crippen MR) is 126 cm³/mol. The number of carbonyl (C=O) groups excluding carboxylic acids is 3. The van der Waals surface area contributed by atoms with Crippen molar-refractivity contribution in [2.45, 2.75) is 63.1 Å². The maximum Gasteiger partial charge on any atom is 0.331 e. The largest absolute Gasteiger partial charge is 0.464 e. The number of amides is 2. The van der Waals surface area contributed by atoms with E-state index in [-0.39, 0.29) is 13.0 Å². The van der Waals surface area contributed by atoms with Gasteiger partial charge in [-0.15, -0.1) is 0 Å². The molecule has 0 radical (unpaired) electrons. The van der Waals surface area contributed by atoms with Crippen molar-refractivity contribution < 1.29 is 19.1 Å². The second-order valence-corrected chi connectivity index (χ2v) is 8.55. The van der Waals surface area contributed by atoms with Crippen LogP contribution in [-0.4, -0.2) is 42.0 Å². The minimum atomic E-state index is -1.04. The van der Waals surface area contributed by atoms with Crippen molar-refractivity contribution in [1.82, 2.24) is 10.6 Å². The van der Waals surface area contributed by atoms with E-state index in [1.165, 1.54) is 0 Å². The van der Waals surface area contributed by atoms with Gasteiger partial charge in [-0.3, -0.25) is 9.59 Å². The molecule has 3 rings (SSSR count). The number of rotatable bonds is 10. The summed E-state index contributed by atoms with van der Waals surface area (Å²) in [6.07, 6.45) is 3.36. The molecule has 0 aromatic heterocycles. The first-order chi connectivity index (χ1) is 15.9. The average molecular weight is 452 g/mol. The van der Waals surface area contributed by atoms with Crippen molar-refractivity contribution >= 4 is 17.8 Å². The van der Waals surface area contributed by atoms with Gasteiger partial charge >= 0.3 is 5.97 Å². The lowest BCUT2D eigenvalue weighted by atomic mass is 9.96. The van der Waals surface area contributed by atoms with Crippen LogP contribution in [0.5, 0.6) is 0 Å². The van der Waals surface area contributed by atoms with Crippen LogP contribution in [0.4, 0.5) is 0 Å². The first-order valence-electron chi connectivity index (χ1n) is 11.6. The lowest BCUT2D eigenvalue weighted by molar-refractivity contribution is -0.153. The fourth-order valence-electron chi connectivity index (χ4n) is 4.25. The molecule has 0 unspecified atom stereocenters. The van der Waals surface area contributed by atoms with Gasteiger partial charge in [0.05, 0.1) is 12.6 Å². The SMILES string of the molecule is CCOC(=O)C1(NC(=O)[C@H](Cc2ccccc2)NC(=O)[C@@H](N)Cc2ccccc2)CCCC1. The molecule has 2 atom stereocenters. The third-order valence-corrected chi connectivity index (χ3v) is 6.04. The van der Waals surface area contributed by atoms with E-state index in [1.54, 1.807) is 6.92 Å². The summed E-state index contributed by atoms with van der Waals surface area (Å²) in [5.74, 6) is -1.23. The molecule has 0 heterocycles. The highest BCUT2D eigenvalue weighted by Gasteiger charge is 2.45. The van der Waals surface area contributed by atoms with Gasteiger partial charge in [0.25, 0.3) is 0 Å². The highest BCUT2D eigenvalue weighted by molar-refractivity contribution is 5.94. The summed E-state index contributed by atoms with van der Waals surface area (Å²) in [6, 6.07) is 17.3. The van der Waals surface area contributed by atoms with Crippen molar-refractivity contribution in [2.24, 2.45) is 5.73 Å². The van der Waals surface area contributed by atoms with E-state index in [1.807, 2.05) is 60.7 Å². The van der Waals surface area contributed by atoms with Crippen molar-refractivity contribution in [3.63, 3.8) is 0 Å². The van der Waals surface area contributed by atoms with Gasteiger partial charge in [0, 0.05) is 6.42 Å². The van der Waals surface area contributed by atoms with Crippen molar-refractivity contribution in [3.05, 3.63) is 71.8 Å². The Hall–Kier alpha value is -3.19. The molecule has 176 valence electrons. The van der Waals surface area contributed by atoms with E-state index < -0.39 is 35.4 Å². The molecule has 7 heteroatoms. The molecule has 4 N–H and O–H groups in total. The van der Waals surface area contributed by atoms with Gasteiger partial charge in [-0.05, 0) is 37.3 Å². The fourth-order valence-corrected chi connectivity index (χ4v) is 4.25. The van der Waals surface area contributed by atoms with Gasteiger partial charge in [0.2, 0.25) is 11.8 Å². The van der Waals surface area contributed by atoms with Gasteiger partial charge in [0.1, 0.15) is 11.6 Å². The molecule has 0 aliphatic heterocycles. The van der Waals surface area contributed by atoms with Gasteiger partial charge in [-0.25, -0.2) is 4.79 Å². The van der Waals surface area contributed by atoms with E-state index in [0.29, 0.717) is 19.3 Å². The summed E-state index contributed by atoms with van der Waals surface area (Å²) in [5.41, 5.74) is 6.94. The Morgan fingerprint density at radius 2 is 1.45 bits per heavy atom. The maximum absolute atomic E-state index is 13.4. The molecule has 1 saturated carbocycles. The summed E-state index contributed by atoms with van der Waals surface area (Å²) in [7, 11) is 0. The lowest BCUT2D eigenvalue weighted by Gasteiger charge is -2.30. The molecule has 0 bridgehead atoms. The maximum atomic E-state index is 13.4. The predicted octanol–water partition coefficient (Wildman–Crippen LogP) is 2.28. The molecule has 2 amide bonds. The van der Waals surface area contributed by atoms with Crippen LogP contribution in [0.2, 0.25) is 0 Å². The first kappa shape index (κ1) is 24.5. The van der Waals surface area contributed by atoms with Gasteiger partial charge in [-0.1, -0.05) is 73.5 Å². The average Bonchev–Trinajstić information content (AvgIpc) is 3.30. The third-order valence-electron chi connectivity index (χ3n) is 6.04. The summed E-state index contributed by atoms with van der Waals surface area (Å²) in [5, 5.41) is 5.74. The zero-order chi connectivity index (χ0) is 23.7. The number of hydrogen-bond acceptors (Lipinski definition) is 5. The molecule has 2 aromatic carbocycles. The second-order valence-electron chi connectivity index (χ2n) is 8.55. The molecule has 0 spiro atoms. The lowest BCUT2D eigenvalue weighted by Crippen LogP contribution is -2.60. The van der Waals surface area contributed by atoms with Crippen molar-refractivity contribution in [2.75, 3.05) is 6.61 Å². The Kier molecular flexibility index (Phi) is 8.60. The Balaban J connectivity index is 1.74. The molecule has 1 aliphatic rings. The van der Waals surface area contributed by atoms with Crippen LogP contribution in [0.1, 0.15) is 43.7 Å². The summed E-state index contributed by atoms with van der Waals surface area (Å²) in [6.45, 7) is 1.99. The van der Waals surface area contributed by atoms with Crippen molar-refractivity contribution in [3.8, 4) is 0 Å². The number of ether oxygens (including phenoxy) is 1. The molecule has 7 nitrogen and oxygen atoms in total. The first-order valence-corrected chi connectivity index (χ1v) is 11.6. The number of carbonyl (C=O) groups is 3. The van der Waals surface area contributed by atoms with Crippen LogP contribution in [0, 0.1) is 0 Å². The van der Waals surface area contributed by atoms with Gasteiger partial charge in [0.15, 0.2) is 0 Å². The Labute approximate surface area is 195 Å². The van der Waals surface area contributed by atoms with Crippen LogP contribution in [0.25, 0.3) is 0 Å². The molecule has 1 fully saturated rings. The monoisotopic (exact) mass is 451 g/mol. The number of nitrogens with one attached hydrogen (secondary N) is 2. The normalized spacial score (nSPS) is 16.4. The smallest absolute Gasteiger partial charge is 0.331 e. The van der Waals surface area contributed by atoms with Gasteiger partial charge in [-0.2, -0.15) is 0 Å². The molecule has 0 saturated heterocycles. The fraction of sp³-hybridized carbons (Fsp3) is 0.423. The number of benzene rings is 2. The summed E-state index contributed by atoms with van der Waals surface area (Å²) < 4.78 is 5.25. The summed E-state index contributed by atoms with van der Waals surface area (Å²) in [4.78, 5) is 38.9. The van der Waals surface area contributed by atoms with Crippen LogP contribution in [0.15, 0.2) is 60.7 Å². The van der Waals surface area contributed by atoms with E-state index in [9.17, 15) is 14.4 Å². The Bertz CT molecular complexity index is 927. The zero-order valence-electron chi connectivity index (χ0n) is 19.1.